The zero-order valence-electron chi connectivity index (χ0n) is 52.4. The van der Waals surface area contributed by atoms with E-state index >= 15 is 0 Å². The van der Waals surface area contributed by atoms with Gasteiger partial charge in [-0.3, -0.25) is 0 Å². The van der Waals surface area contributed by atoms with E-state index in [-0.39, 0.29) is 11.8 Å². The minimum Gasteiger partial charge on any atom is -0.309 e. The Bertz CT molecular complexity index is 5080. The van der Waals surface area contributed by atoms with Gasteiger partial charge < -0.3 is 18.9 Å². The van der Waals surface area contributed by atoms with Gasteiger partial charge in [0.25, 0.3) is 0 Å². The molecular weight excluding hydrogens is 1060 g/mol. The third-order valence-electron chi connectivity index (χ3n) is 20.3. The maximum atomic E-state index is 2.73. The van der Waals surface area contributed by atoms with Crippen molar-refractivity contribution < 1.29 is 0 Å². The molecule has 4 heteroatoms. The Morgan fingerprint density at radius 3 is 1.30 bits per heavy atom. The number of fused-ring (bicyclic) bond motifs is 8. The molecule has 2 aliphatic carbocycles. The van der Waals surface area contributed by atoms with Gasteiger partial charge in [0, 0.05) is 60.8 Å². The minimum absolute atomic E-state index is 0.241. The molecule has 4 nitrogen and oxygen atoms in total. The monoisotopic (exact) mass is 1140 g/mol. The number of hydrogen-bond acceptors (Lipinski definition) is 2. The lowest BCUT2D eigenvalue weighted by molar-refractivity contribution is 0.686. The largest absolute Gasteiger partial charge is 0.309 e. The number of hydrogen-bond donors (Lipinski definition) is 0. The average Bonchev–Trinajstić information content (AvgIpc) is 0.837. The van der Waals surface area contributed by atoms with Crippen molar-refractivity contribution in [2.24, 2.45) is 0 Å². The molecule has 0 saturated carbocycles. The lowest BCUT2D eigenvalue weighted by Gasteiger charge is -2.34. The highest BCUT2D eigenvalue weighted by Crippen LogP contribution is 2.54. The van der Waals surface area contributed by atoms with Crippen molar-refractivity contribution in [3.63, 3.8) is 0 Å². The van der Waals surface area contributed by atoms with E-state index in [0.29, 0.717) is 11.8 Å². The molecule has 0 fully saturated rings. The summed E-state index contributed by atoms with van der Waals surface area (Å²) in [6.45, 7) is 19.0. The number of anilines is 6. The molecule has 0 aliphatic heterocycles. The quantitative estimate of drug-likeness (QED) is 0.113. The second kappa shape index (κ2) is 21.3. The van der Waals surface area contributed by atoms with Gasteiger partial charge in [-0.1, -0.05) is 195 Å². The summed E-state index contributed by atoms with van der Waals surface area (Å²) < 4.78 is 5.16. The third kappa shape index (κ3) is 8.38. The highest BCUT2D eigenvalue weighted by Gasteiger charge is 2.32. The van der Waals surface area contributed by atoms with Crippen LogP contribution in [0.4, 0.5) is 34.1 Å². The van der Waals surface area contributed by atoms with Crippen molar-refractivity contribution in [2.45, 2.75) is 130 Å². The summed E-state index contributed by atoms with van der Waals surface area (Å²) in [5.74, 6) is 1.17. The first-order valence-electron chi connectivity index (χ1n) is 32.9. The lowest BCUT2D eigenvalue weighted by Crippen LogP contribution is -2.17. The van der Waals surface area contributed by atoms with Crippen molar-refractivity contribution in [3.05, 3.63) is 251 Å². The summed E-state index contributed by atoms with van der Waals surface area (Å²) in [4.78, 5) is 5.43. The Kier molecular flexibility index (Phi) is 13.2. The van der Waals surface area contributed by atoms with Crippen LogP contribution in [-0.2, 0) is 25.7 Å². The predicted molar refractivity (Wildman–Crippen MR) is 378 cm³/mol. The summed E-state index contributed by atoms with van der Waals surface area (Å²) >= 11 is 0. The lowest BCUT2D eigenvalue weighted by atomic mass is 9.83. The molecule has 0 spiro atoms. The van der Waals surface area contributed by atoms with E-state index in [1.807, 2.05) is 0 Å². The van der Waals surface area contributed by atoms with Crippen molar-refractivity contribution >= 4 is 110 Å². The summed E-state index contributed by atoms with van der Waals surface area (Å²) in [5, 5.41) is 13.0. The molecule has 2 aromatic heterocycles. The van der Waals surface area contributed by atoms with Gasteiger partial charge in [0.05, 0.1) is 39.1 Å². The van der Waals surface area contributed by atoms with E-state index < -0.39 is 0 Å². The first-order chi connectivity index (χ1) is 43.0. The normalized spacial score (nSPS) is 13.7. The van der Waals surface area contributed by atoms with Gasteiger partial charge in [-0.25, -0.2) is 0 Å². The first-order valence-corrected chi connectivity index (χ1v) is 32.9. The van der Waals surface area contributed by atoms with Crippen molar-refractivity contribution in [1.29, 1.82) is 0 Å². The number of nitrogens with zero attached hydrogens (tertiary/aromatic N) is 4. The van der Waals surface area contributed by atoms with E-state index in [1.54, 1.807) is 0 Å². The molecule has 16 rings (SSSR count). The molecule has 0 saturated heterocycles. The molecule has 0 bridgehead atoms. The predicted octanol–water partition coefficient (Wildman–Crippen LogP) is 24.0. The van der Waals surface area contributed by atoms with E-state index in [4.69, 9.17) is 0 Å². The topological polar surface area (TPSA) is 16.3 Å². The fourth-order valence-electron chi connectivity index (χ4n) is 16.2. The van der Waals surface area contributed by atoms with Gasteiger partial charge in [0.15, 0.2) is 0 Å². The highest BCUT2D eigenvalue weighted by molar-refractivity contribution is 6.30. The van der Waals surface area contributed by atoms with Crippen LogP contribution in [0.3, 0.4) is 0 Å². The number of aryl methyl sites for hydroxylation is 2. The standard InChI is InChI=1S/C84H78N4/c1-51(2)58-28-13-17-35-72(58)86-76-37-19-15-32-62(76)64-43-42-57(48-79(64)86)85(74-39-21-26-55-24-9-11-30-60(55)74)80-49-70(53(5)6)65-45-47-69-81(50-71(54(7)8)66-44-46-68(80)82(65)83(66)69)87(75-40-22-27-56-25-10-12-31-61(56)75)78-41-23-34-67-63-33-16-20-38-77(63)88(84(67)78)73-36-18-14-29-59(73)52(3)4/h13-23,26-29,32-54H,9-12,24-25,30-31H2,1-8H3. The Morgan fingerprint density at radius 2 is 0.716 bits per heavy atom. The van der Waals surface area contributed by atoms with Crippen LogP contribution in [0.1, 0.15) is 149 Å². The van der Waals surface area contributed by atoms with Crippen molar-refractivity contribution in [3.8, 4) is 11.4 Å². The maximum Gasteiger partial charge on any atom is 0.0782 e. The zero-order chi connectivity index (χ0) is 59.6. The van der Waals surface area contributed by atoms with E-state index in [2.05, 4.69) is 281 Å². The van der Waals surface area contributed by atoms with Gasteiger partial charge in [0.2, 0.25) is 0 Å². The van der Waals surface area contributed by atoms with Crippen molar-refractivity contribution in [1.82, 2.24) is 9.13 Å². The second-order valence-corrected chi connectivity index (χ2v) is 26.8. The molecule has 434 valence electrons. The van der Waals surface area contributed by atoms with E-state index in [9.17, 15) is 0 Å². The number of rotatable bonds is 12. The Morgan fingerprint density at radius 1 is 0.295 bits per heavy atom. The van der Waals surface area contributed by atoms with Crippen LogP contribution in [0.15, 0.2) is 206 Å². The fraction of sp³-hybridized carbons (Fsp3) is 0.238. The number of para-hydroxylation sites is 5. The Balaban J connectivity index is 1.03. The molecule has 0 amide bonds. The molecule has 0 radical (unpaired) electrons. The second-order valence-electron chi connectivity index (χ2n) is 26.8. The summed E-state index contributed by atoms with van der Waals surface area (Å²) in [6, 6.07) is 80.3. The molecule has 2 heterocycles. The van der Waals surface area contributed by atoms with Gasteiger partial charge in [-0.05, 0) is 208 Å². The average molecular weight is 1140 g/mol. The third-order valence-corrected chi connectivity index (χ3v) is 20.3. The smallest absolute Gasteiger partial charge is 0.0782 e. The van der Waals surface area contributed by atoms with E-state index in [1.165, 1.54) is 192 Å². The van der Waals surface area contributed by atoms with Gasteiger partial charge in [0.1, 0.15) is 0 Å². The Labute approximate surface area is 518 Å². The van der Waals surface area contributed by atoms with Gasteiger partial charge >= 0.3 is 0 Å². The van der Waals surface area contributed by atoms with Crippen LogP contribution in [0, 0.1) is 0 Å². The van der Waals surface area contributed by atoms with E-state index in [0.717, 1.165) is 25.7 Å². The first kappa shape index (κ1) is 54.3. The summed E-state index contributed by atoms with van der Waals surface area (Å²) in [5.41, 5.74) is 26.2. The van der Waals surface area contributed by atoms with Crippen LogP contribution in [0.25, 0.3) is 87.3 Å². The van der Waals surface area contributed by atoms with Crippen LogP contribution >= 0.6 is 0 Å². The van der Waals surface area contributed by atoms with Gasteiger partial charge in [-0.15, -0.1) is 0 Å². The molecule has 2 aliphatic rings. The molecule has 88 heavy (non-hydrogen) atoms. The number of benzene rings is 12. The van der Waals surface area contributed by atoms with Crippen LogP contribution in [0.5, 0.6) is 0 Å². The van der Waals surface area contributed by atoms with Crippen LogP contribution < -0.4 is 9.80 Å². The molecule has 0 N–H and O–H groups in total. The summed E-state index contributed by atoms with van der Waals surface area (Å²) in [7, 11) is 0. The maximum absolute atomic E-state index is 2.73. The number of aromatic nitrogens is 2. The molecule has 0 unspecified atom stereocenters. The van der Waals surface area contributed by atoms with Crippen molar-refractivity contribution in [2.75, 3.05) is 9.80 Å². The molecular formula is C84H78N4. The van der Waals surface area contributed by atoms with Crippen LogP contribution in [-0.4, -0.2) is 9.13 Å². The molecule has 0 atom stereocenters. The Hall–Kier alpha value is -9.12. The highest BCUT2D eigenvalue weighted by atomic mass is 15.2. The fourth-order valence-corrected chi connectivity index (χ4v) is 16.2. The minimum atomic E-state index is 0.241. The summed E-state index contributed by atoms with van der Waals surface area (Å²) in [6.07, 6.45) is 9.12. The van der Waals surface area contributed by atoms with Crippen LogP contribution in [0.2, 0.25) is 0 Å². The van der Waals surface area contributed by atoms with Gasteiger partial charge in [-0.2, -0.15) is 0 Å². The molecule has 12 aromatic carbocycles. The zero-order valence-corrected chi connectivity index (χ0v) is 52.4. The molecule has 14 aromatic rings. The SMILES string of the molecule is CC(C)c1ccccc1-n1c2ccccc2c2ccc(N(c3cccc4c3CCCC4)c3cc(C(C)C)c4ccc5c(N(c6cccc7c6CCCC7)c6cccc7c8ccccc8n(-c8ccccc8C(C)C)c67)cc(C(C)C)c6ccc3c4c65)cc21.